The van der Waals surface area contributed by atoms with Crippen LogP contribution in [0.25, 0.3) is 0 Å². The Morgan fingerprint density at radius 1 is 1.21 bits per heavy atom. The molecular formula is C25H41N2O+. The van der Waals surface area contributed by atoms with Gasteiger partial charge in [-0.1, -0.05) is 41.5 Å². The van der Waals surface area contributed by atoms with E-state index in [2.05, 4.69) is 58.3 Å². The van der Waals surface area contributed by atoms with Crippen LogP contribution in [-0.2, 0) is 4.79 Å². The molecule has 1 fully saturated rings. The lowest BCUT2D eigenvalue weighted by Gasteiger charge is -2.45. The predicted octanol–water partition coefficient (Wildman–Crippen LogP) is 5.27. The zero-order valence-electron chi connectivity index (χ0n) is 18.8. The van der Waals surface area contributed by atoms with Crippen LogP contribution in [0, 0.1) is 41.1 Å². The highest BCUT2D eigenvalue weighted by Crippen LogP contribution is 2.57. The van der Waals surface area contributed by atoms with Gasteiger partial charge in [-0.25, -0.2) is 0 Å². The first kappa shape index (κ1) is 22.8. The van der Waals surface area contributed by atoms with Crippen molar-refractivity contribution in [3.05, 3.63) is 36.0 Å². The van der Waals surface area contributed by atoms with Crippen molar-refractivity contribution in [2.75, 3.05) is 13.2 Å². The molecule has 0 heterocycles. The number of allylic oxidation sites excluding steroid dienone is 4. The third kappa shape index (κ3) is 5.55. The van der Waals surface area contributed by atoms with Gasteiger partial charge in [0.1, 0.15) is 12.2 Å². The molecule has 3 heteroatoms. The van der Waals surface area contributed by atoms with Gasteiger partial charge in [0, 0.05) is 19.0 Å². The molecule has 4 unspecified atom stereocenters. The smallest absolute Gasteiger partial charge is 0.220 e. The second-order valence-electron chi connectivity index (χ2n) is 9.68. The molecule has 0 radical (unpaired) electrons. The summed E-state index contributed by atoms with van der Waals surface area (Å²) < 4.78 is 0. The average Bonchev–Trinajstić information content (AvgIpc) is 3.03. The zero-order valence-corrected chi connectivity index (χ0v) is 18.8. The normalized spacial score (nSPS) is 27.8. The second kappa shape index (κ2) is 10.4. The van der Waals surface area contributed by atoms with Crippen molar-refractivity contribution in [3.63, 3.8) is 0 Å². The second-order valence-corrected chi connectivity index (χ2v) is 9.68. The molecule has 3 nitrogen and oxygen atoms in total. The van der Waals surface area contributed by atoms with Crippen LogP contribution in [0.15, 0.2) is 29.9 Å². The summed E-state index contributed by atoms with van der Waals surface area (Å²) in [4.78, 5) is 12.3. The predicted molar refractivity (Wildman–Crippen MR) is 118 cm³/mol. The van der Waals surface area contributed by atoms with E-state index in [-0.39, 0.29) is 5.91 Å². The van der Waals surface area contributed by atoms with Gasteiger partial charge in [-0.15, -0.1) is 0 Å². The van der Waals surface area contributed by atoms with Crippen molar-refractivity contribution in [2.24, 2.45) is 35.0 Å². The summed E-state index contributed by atoms with van der Waals surface area (Å²) in [5, 5.41) is 6.29. The Morgan fingerprint density at radius 2 is 1.93 bits per heavy atom. The fourth-order valence-corrected chi connectivity index (χ4v) is 5.62. The van der Waals surface area contributed by atoms with Gasteiger partial charge in [0.25, 0.3) is 0 Å². The SMILES string of the molecule is CC(C)C1CCC(C(C)CCC(=O)NCNCC2=CC=[C+]C=C2)C1(C)C(C)C. The maximum atomic E-state index is 12.3. The average molecular weight is 386 g/mol. The molecule has 2 aliphatic rings. The maximum Gasteiger partial charge on any atom is 0.220 e. The summed E-state index contributed by atoms with van der Waals surface area (Å²) in [6.45, 7) is 15.7. The van der Waals surface area contributed by atoms with Crippen LogP contribution in [0.5, 0.6) is 0 Å². The van der Waals surface area contributed by atoms with Gasteiger partial charge >= 0.3 is 0 Å². The monoisotopic (exact) mass is 385 g/mol. The Hall–Kier alpha value is -1.44. The minimum atomic E-state index is 0.158. The van der Waals surface area contributed by atoms with Crippen LogP contribution in [0.1, 0.15) is 67.2 Å². The number of hydrogen-bond donors (Lipinski definition) is 2. The molecule has 156 valence electrons. The van der Waals surface area contributed by atoms with Crippen molar-refractivity contribution in [1.29, 1.82) is 0 Å². The van der Waals surface area contributed by atoms with Gasteiger partial charge < -0.3 is 5.32 Å². The topological polar surface area (TPSA) is 41.1 Å². The van der Waals surface area contributed by atoms with E-state index < -0.39 is 0 Å². The lowest BCUT2D eigenvalue weighted by Crippen LogP contribution is -2.39. The molecule has 0 aromatic rings. The Bertz CT molecular complexity index is 602. The molecule has 4 atom stereocenters. The van der Waals surface area contributed by atoms with Crippen LogP contribution in [0.3, 0.4) is 0 Å². The number of carbonyl (C=O) groups excluding carboxylic acids is 1. The maximum absolute atomic E-state index is 12.3. The highest BCUT2D eigenvalue weighted by atomic mass is 16.1. The highest BCUT2D eigenvalue weighted by molar-refractivity contribution is 5.75. The van der Waals surface area contributed by atoms with E-state index in [0.717, 1.165) is 30.7 Å². The van der Waals surface area contributed by atoms with Crippen molar-refractivity contribution < 1.29 is 4.79 Å². The standard InChI is InChI=1S/C25H40N2O/c1-18(2)22-13-14-23(25(22,6)19(3)4)20(5)12-15-24(28)27-17-26-16-21-10-8-7-9-11-21/h8-11,18-20,22-23,26H,12-17H2,1-6H3/p+1. The van der Waals surface area contributed by atoms with E-state index in [1.165, 1.54) is 18.4 Å². The largest absolute Gasteiger partial charge is 0.344 e. The van der Waals surface area contributed by atoms with Crippen molar-refractivity contribution in [3.8, 4) is 0 Å². The van der Waals surface area contributed by atoms with Crippen LogP contribution in [0.2, 0.25) is 0 Å². The summed E-state index contributed by atoms with van der Waals surface area (Å²) in [7, 11) is 0. The Kier molecular flexibility index (Phi) is 8.46. The van der Waals surface area contributed by atoms with Crippen LogP contribution >= 0.6 is 0 Å². The van der Waals surface area contributed by atoms with Crippen LogP contribution in [-0.4, -0.2) is 19.1 Å². The van der Waals surface area contributed by atoms with E-state index >= 15 is 0 Å². The summed E-state index contributed by atoms with van der Waals surface area (Å²) in [5.41, 5.74) is 1.59. The quantitative estimate of drug-likeness (QED) is 0.306. The van der Waals surface area contributed by atoms with Gasteiger partial charge in [0.05, 0.1) is 24.4 Å². The first-order valence-electron chi connectivity index (χ1n) is 11.2. The minimum Gasteiger partial charge on any atom is -0.344 e. The summed E-state index contributed by atoms with van der Waals surface area (Å²) in [5.74, 6) is 3.69. The number of hydrogen-bond acceptors (Lipinski definition) is 2. The zero-order chi connectivity index (χ0) is 20.7. The molecule has 0 aromatic carbocycles. The lowest BCUT2D eigenvalue weighted by atomic mass is 9.60. The van der Waals surface area contributed by atoms with Gasteiger partial charge in [0.15, 0.2) is 0 Å². The summed E-state index contributed by atoms with van der Waals surface area (Å²) in [6, 6.07) is 0. The first-order valence-corrected chi connectivity index (χ1v) is 11.2. The molecule has 0 aromatic heterocycles. The van der Waals surface area contributed by atoms with Crippen LogP contribution < -0.4 is 10.6 Å². The molecule has 2 aliphatic carbocycles. The highest BCUT2D eigenvalue weighted by Gasteiger charge is 2.50. The minimum absolute atomic E-state index is 0.158. The van der Waals surface area contributed by atoms with E-state index in [1.807, 2.05) is 24.3 Å². The van der Waals surface area contributed by atoms with E-state index in [1.54, 1.807) is 0 Å². The number of amides is 1. The lowest BCUT2D eigenvalue weighted by molar-refractivity contribution is -0.121. The van der Waals surface area contributed by atoms with Gasteiger partial charge in [-0.2, -0.15) is 0 Å². The molecule has 0 saturated heterocycles. The molecule has 1 amide bonds. The third-order valence-corrected chi connectivity index (χ3v) is 7.48. The molecule has 28 heavy (non-hydrogen) atoms. The number of nitrogens with one attached hydrogen (secondary N) is 2. The number of rotatable bonds is 10. The van der Waals surface area contributed by atoms with Crippen molar-refractivity contribution in [2.45, 2.75) is 67.2 Å². The Morgan fingerprint density at radius 3 is 2.54 bits per heavy atom. The summed E-state index contributed by atoms with van der Waals surface area (Å²) >= 11 is 0. The molecule has 0 aliphatic heterocycles. The molecular weight excluding hydrogens is 344 g/mol. The molecule has 0 spiro atoms. The van der Waals surface area contributed by atoms with Crippen molar-refractivity contribution in [1.82, 2.24) is 10.6 Å². The third-order valence-electron chi connectivity index (χ3n) is 7.48. The van der Waals surface area contributed by atoms with Gasteiger partial charge in [-0.05, 0) is 54.3 Å². The van der Waals surface area contributed by atoms with Gasteiger partial charge in [0.2, 0.25) is 5.91 Å². The van der Waals surface area contributed by atoms with Crippen molar-refractivity contribution >= 4 is 5.91 Å². The molecule has 2 rings (SSSR count). The van der Waals surface area contributed by atoms with E-state index in [9.17, 15) is 4.79 Å². The molecule has 2 N–H and O–H groups in total. The fourth-order valence-electron chi connectivity index (χ4n) is 5.62. The van der Waals surface area contributed by atoms with Crippen LogP contribution in [0.4, 0.5) is 0 Å². The molecule has 0 bridgehead atoms. The Labute approximate surface area is 173 Å². The number of carbonyl (C=O) groups is 1. The molecule has 1 saturated carbocycles. The van der Waals surface area contributed by atoms with E-state index in [0.29, 0.717) is 30.3 Å². The summed E-state index contributed by atoms with van der Waals surface area (Å²) in [6.07, 6.45) is 15.2. The van der Waals surface area contributed by atoms with Gasteiger partial charge in [-0.3, -0.25) is 10.1 Å². The first-order chi connectivity index (χ1) is 13.3. The fraction of sp³-hybridized carbons (Fsp3) is 0.720. The van der Waals surface area contributed by atoms with E-state index in [4.69, 9.17) is 0 Å². The Balaban J connectivity index is 1.75.